The van der Waals surface area contributed by atoms with E-state index in [1.165, 1.54) is 0 Å². The molecule has 10 atom stereocenters. The summed E-state index contributed by atoms with van der Waals surface area (Å²) in [7, 11) is -2.58. The fourth-order valence-corrected chi connectivity index (χ4v) is 7.24. The molecule has 1 fully saturated rings. The van der Waals surface area contributed by atoms with Gasteiger partial charge in [-0.2, -0.15) is 0 Å². The largest absolute Gasteiger partial charge is 0.457 e. The average Bonchev–Trinajstić information content (AvgIpc) is 3.73. The number of esters is 1. The molecule has 1 amide bonds. The summed E-state index contributed by atoms with van der Waals surface area (Å²) in [6.45, 7) is 23.7. The van der Waals surface area contributed by atoms with E-state index < -0.39 is 50.4 Å². The molecule has 2 rings (SSSR count). The number of hydrogen-bond donors (Lipinski definition) is 4. The molecule has 2 aliphatic heterocycles. The summed E-state index contributed by atoms with van der Waals surface area (Å²) in [5.74, 6) is -2.56. The van der Waals surface area contributed by atoms with E-state index in [4.69, 9.17) is 18.6 Å². The predicted molar refractivity (Wildman–Crippen MR) is 191 cm³/mol. The number of allylic oxidation sites excluding steroid dienone is 3. The van der Waals surface area contributed by atoms with Crippen molar-refractivity contribution in [3.63, 3.8) is 0 Å². The lowest BCUT2D eigenvalue weighted by Crippen LogP contribution is -2.52. The number of ether oxygens (including phenoxy) is 3. The van der Waals surface area contributed by atoms with Crippen LogP contribution in [-0.4, -0.2) is 84.2 Å². The second kappa shape index (κ2) is 17.3. The number of alkyl carbamates (subject to hydrolysis) is 1. The van der Waals surface area contributed by atoms with Crippen LogP contribution in [0.2, 0.25) is 18.1 Å². The Kier molecular flexibility index (Phi) is 15.2. The monoisotopic (exact) mass is 695 g/mol. The Bertz CT molecular complexity index is 1160. The summed E-state index contributed by atoms with van der Waals surface area (Å²) in [4.78, 5) is 26.0. The van der Waals surface area contributed by atoms with Gasteiger partial charge in [0.25, 0.3) is 0 Å². The number of hydrogen-bond acceptors (Lipinski definition) is 9. The van der Waals surface area contributed by atoms with Gasteiger partial charge in [-0.05, 0) is 75.7 Å². The molecule has 0 aromatic carbocycles. The highest BCUT2D eigenvalue weighted by Crippen LogP contribution is 2.42. The van der Waals surface area contributed by atoms with E-state index in [9.17, 15) is 24.9 Å². The molecule has 2 heterocycles. The molecule has 0 radical (unpaired) electrons. The molecule has 10 unspecified atom stereocenters. The Morgan fingerprint density at radius 1 is 1.19 bits per heavy atom. The van der Waals surface area contributed by atoms with Gasteiger partial charge in [-0.15, -0.1) is 0 Å². The second-order valence-corrected chi connectivity index (χ2v) is 20.6. The summed E-state index contributed by atoms with van der Waals surface area (Å²) >= 11 is 0. The minimum Gasteiger partial charge on any atom is -0.457 e. The van der Waals surface area contributed by atoms with Crippen LogP contribution in [0.4, 0.5) is 4.79 Å². The molecule has 0 aromatic heterocycles. The zero-order valence-electron chi connectivity index (χ0n) is 31.5. The van der Waals surface area contributed by atoms with Crippen molar-refractivity contribution in [3.05, 3.63) is 36.0 Å². The lowest BCUT2D eigenvalue weighted by atomic mass is 9.88. The quantitative estimate of drug-likeness (QED) is 0.0446. The van der Waals surface area contributed by atoms with Gasteiger partial charge < -0.3 is 39.3 Å². The molecular formula is C37H65NO9Si. The zero-order valence-corrected chi connectivity index (χ0v) is 32.5. The predicted octanol–water partition coefficient (Wildman–Crippen LogP) is 6.55. The third kappa shape index (κ3) is 12.4. The molecule has 0 aliphatic carbocycles. The van der Waals surface area contributed by atoms with Gasteiger partial charge in [-0.3, -0.25) is 4.79 Å². The van der Waals surface area contributed by atoms with Gasteiger partial charge in [-0.25, -0.2) is 4.79 Å². The highest BCUT2D eigenvalue weighted by atomic mass is 28.4. The summed E-state index contributed by atoms with van der Waals surface area (Å²) in [5, 5.41) is 36.0. The number of nitrogens with one attached hydrogen (secondary N) is 1. The Balaban J connectivity index is 2.37. The van der Waals surface area contributed by atoms with E-state index in [1.807, 2.05) is 73.7 Å². The van der Waals surface area contributed by atoms with E-state index in [0.717, 1.165) is 12.0 Å². The van der Waals surface area contributed by atoms with Gasteiger partial charge in [0, 0.05) is 24.8 Å². The van der Waals surface area contributed by atoms with Crippen molar-refractivity contribution in [1.29, 1.82) is 0 Å². The number of cyclic esters (lactones) is 1. The van der Waals surface area contributed by atoms with Gasteiger partial charge in [0.1, 0.15) is 11.7 Å². The van der Waals surface area contributed by atoms with Gasteiger partial charge in [0.15, 0.2) is 20.2 Å². The topological polar surface area (TPSA) is 147 Å². The Morgan fingerprint density at radius 2 is 1.83 bits per heavy atom. The first kappa shape index (κ1) is 42.1. The summed E-state index contributed by atoms with van der Waals surface area (Å²) in [6.07, 6.45) is 7.83. The minimum absolute atomic E-state index is 0.00965. The summed E-state index contributed by atoms with van der Waals surface area (Å²) in [6, 6.07) is 0. The van der Waals surface area contributed by atoms with E-state index >= 15 is 0 Å². The van der Waals surface area contributed by atoms with E-state index in [-0.39, 0.29) is 53.9 Å². The zero-order chi connectivity index (χ0) is 36.7. The fraction of sp³-hybridized carbons (Fsp3) is 0.784. The number of epoxide rings is 1. The first-order valence-corrected chi connectivity index (χ1v) is 20.6. The van der Waals surface area contributed by atoms with Crippen molar-refractivity contribution >= 4 is 20.4 Å². The highest BCUT2D eigenvalue weighted by molar-refractivity contribution is 6.74. The molecule has 4 N–H and O–H groups in total. The SMILES string of the molecule is CCNC(=O)OC1/C=C\C(C)C(/C(C)=C/C=C/C(C)CC2OC2C(C)C(O)CC)OC(=O)CC(O)(O[Si](C)(C)C(C)(C)C)CCC1(C)O. The van der Waals surface area contributed by atoms with Crippen LogP contribution in [0.25, 0.3) is 0 Å². The molecule has 0 bridgehead atoms. The summed E-state index contributed by atoms with van der Waals surface area (Å²) < 4.78 is 24.0. The molecule has 0 aromatic rings. The van der Waals surface area contributed by atoms with Gasteiger partial charge in [-0.1, -0.05) is 72.8 Å². The minimum atomic E-state index is -2.58. The fourth-order valence-electron chi connectivity index (χ4n) is 5.81. The van der Waals surface area contributed by atoms with Crippen LogP contribution in [0.1, 0.15) is 101 Å². The first-order chi connectivity index (χ1) is 22.1. The molecule has 10 nitrogen and oxygen atoms in total. The number of aliphatic hydroxyl groups is 3. The van der Waals surface area contributed by atoms with Crippen molar-refractivity contribution in [3.8, 4) is 0 Å². The summed E-state index contributed by atoms with van der Waals surface area (Å²) in [5.41, 5.74) is -0.798. The average molecular weight is 696 g/mol. The Morgan fingerprint density at radius 3 is 2.42 bits per heavy atom. The molecule has 2 aliphatic rings. The Hall–Kier alpha value is -2.02. The highest BCUT2D eigenvalue weighted by Gasteiger charge is 2.48. The molecule has 11 heteroatoms. The number of carbonyl (C=O) groups is 2. The maximum absolute atomic E-state index is 13.5. The molecule has 48 heavy (non-hydrogen) atoms. The second-order valence-electron chi connectivity index (χ2n) is 15.8. The van der Waals surface area contributed by atoms with Crippen molar-refractivity contribution in [2.75, 3.05) is 6.54 Å². The smallest absolute Gasteiger partial charge is 0.407 e. The van der Waals surface area contributed by atoms with Gasteiger partial charge >= 0.3 is 12.1 Å². The van der Waals surface area contributed by atoms with Crippen molar-refractivity contribution in [2.45, 2.75) is 161 Å². The third-order valence-corrected chi connectivity index (χ3v) is 14.7. The first-order valence-electron chi connectivity index (χ1n) is 17.7. The Labute approximate surface area is 290 Å². The number of aliphatic hydroxyl groups excluding tert-OH is 1. The third-order valence-electron chi connectivity index (χ3n) is 10.2. The van der Waals surface area contributed by atoms with Crippen LogP contribution in [0.15, 0.2) is 36.0 Å². The molecule has 1 saturated heterocycles. The van der Waals surface area contributed by atoms with Crippen LogP contribution < -0.4 is 5.32 Å². The molecular weight excluding hydrogens is 630 g/mol. The van der Waals surface area contributed by atoms with E-state index in [2.05, 4.69) is 18.3 Å². The lowest BCUT2D eigenvalue weighted by molar-refractivity contribution is -0.189. The van der Waals surface area contributed by atoms with Crippen LogP contribution >= 0.6 is 0 Å². The van der Waals surface area contributed by atoms with Crippen LogP contribution in [-0.2, 0) is 23.4 Å². The standard InChI is InChI=1S/C37H65NO9Si/c1-13-28(39)27(6)33-29(44-33)22-24(3)16-15-17-25(4)32-26(5)18-19-30(45-34(41)38-14-2)36(10,42)20-21-37(43,23-31(40)46-32)47-48(11,12)35(7,8)9/h15-19,24,26-30,32-33,39,42-43H,13-14,20-23H2,1-12H3,(H,38,41)/b16-15+,19-18-,25-17+. The molecule has 0 saturated carbocycles. The van der Waals surface area contributed by atoms with E-state index in [0.29, 0.717) is 13.0 Å². The molecule has 0 spiro atoms. The van der Waals surface area contributed by atoms with E-state index in [1.54, 1.807) is 26.0 Å². The van der Waals surface area contributed by atoms with Crippen LogP contribution in [0, 0.1) is 17.8 Å². The maximum Gasteiger partial charge on any atom is 0.407 e. The number of rotatable bonds is 12. The number of carbonyl (C=O) groups excluding carboxylic acids is 2. The van der Waals surface area contributed by atoms with Gasteiger partial charge in [0.2, 0.25) is 0 Å². The van der Waals surface area contributed by atoms with Crippen LogP contribution in [0.3, 0.4) is 0 Å². The maximum atomic E-state index is 13.5. The van der Waals surface area contributed by atoms with Gasteiger partial charge in [0.05, 0.1) is 24.7 Å². The molecule has 276 valence electrons. The normalized spacial score (nSPS) is 33.5. The van der Waals surface area contributed by atoms with Crippen molar-refractivity contribution in [2.24, 2.45) is 17.8 Å². The van der Waals surface area contributed by atoms with Crippen molar-refractivity contribution in [1.82, 2.24) is 5.32 Å². The number of amides is 1. The lowest BCUT2D eigenvalue weighted by Gasteiger charge is -2.44. The van der Waals surface area contributed by atoms with Crippen molar-refractivity contribution < 1.29 is 43.5 Å². The van der Waals surface area contributed by atoms with Crippen LogP contribution in [0.5, 0.6) is 0 Å².